The van der Waals surface area contributed by atoms with Gasteiger partial charge in [-0.25, -0.2) is 0 Å². The number of benzene rings is 1. The maximum Gasteiger partial charge on any atom is 0.298 e. The smallest absolute Gasteiger partial charge is 0.298 e. The monoisotopic (exact) mass is 245 g/mol. The quantitative estimate of drug-likeness (QED) is 0.593. The number of rotatable bonds is 4. The van der Waals surface area contributed by atoms with Crippen LogP contribution in [0.1, 0.15) is 0 Å². The molecule has 0 heterocycles. The lowest BCUT2D eigenvalue weighted by Gasteiger charge is -2.14. The van der Waals surface area contributed by atoms with Crippen LogP contribution in [-0.4, -0.2) is 34.1 Å². The molecule has 0 unspecified atom stereocenters. The number of nitrogens with one attached hydrogen (secondary N) is 3. The average Bonchev–Trinajstić information content (AvgIpc) is 2.25. The predicted molar refractivity (Wildman–Crippen MR) is 64.9 cm³/mol. The molecule has 0 aliphatic rings. The van der Waals surface area contributed by atoms with Crippen molar-refractivity contribution < 1.29 is 13.0 Å². The van der Waals surface area contributed by atoms with Crippen molar-refractivity contribution in [3.8, 4) is 0 Å². The highest BCUT2D eigenvalue weighted by atomic mass is 32.2. The minimum Gasteiger partial charge on any atom is -0.388 e. The molecule has 0 radical (unpaired) electrons. The second-order valence-electron chi connectivity index (χ2n) is 3.13. The largest absolute Gasteiger partial charge is 0.388 e. The minimum absolute atomic E-state index is 0.156. The summed E-state index contributed by atoms with van der Waals surface area (Å²) >= 11 is 0. The molecule has 0 atom stereocenters. The first-order chi connectivity index (χ1) is 7.43. The predicted octanol–water partition coefficient (Wildman–Crippen LogP) is 1.06. The first-order valence-corrected chi connectivity index (χ1v) is 6.06. The molecule has 0 aliphatic carbocycles. The zero-order chi connectivity index (χ0) is 12.3. The van der Waals surface area contributed by atoms with Gasteiger partial charge in [0.25, 0.3) is 10.1 Å². The molecule has 6 nitrogen and oxygen atoms in total. The van der Waals surface area contributed by atoms with Crippen molar-refractivity contribution >= 4 is 27.2 Å². The molecule has 4 N–H and O–H groups in total. The highest BCUT2D eigenvalue weighted by Gasteiger charge is 2.20. The van der Waals surface area contributed by atoms with Crippen molar-refractivity contribution in [3.63, 3.8) is 0 Å². The lowest BCUT2D eigenvalue weighted by molar-refractivity contribution is 0.484. The Labute approximate surface area is 94.8 Å². The average molecular weight is 245 g/mol. The van der Waals surface area contributed by atoms with Gasteiger partial charge in [-0.05, 0) is 12.1 Å². The molecule has 16 heavy (non-hydrogen) atoms. The molecule has 0 bridgehead atoms. The van der Waals surface area contributed by atoms with Crippen molar-refractivity contribution in [2.75, 3.05) is 37.1 Å². The summed E-state index contributed by atoms with van der Waals surface area (Å²) in [6.45, 7) is 0. The zero-order valence-electron chi connectivity index (χ0n) is 9.33. The summed E-state index contributed by atoms with van der Waals surface area (Å²) in [6, 6.07) is 3.20. The fourth-order valence-electron chi connectivity index (χ4n) is 1.42. The molecule has 0 spiro atoms. The van der Waals surface area contributed by atoms with E-state index in [2.05, 4.69) is 16.0 Å². The Morgan fingerprint density at radius 3 is 1.69 bits per heavy atom. The lowest BCUT2D eigenvalue weighted by atomic mass is 10.2. The lowest BCUT2D eigenvalue weighted by Crippen LogP contribution is -2.08. The Morgan fingerprint density at radius 2 is 1.44 bits per heavy atom. The van der Waals surface area contributed by atoms with Gasteiger partial charge >= 0.3 is 0 Å². The molecule has 0 amide bonds. The van der Waals surface area contributed by atoms with Gasteiger partial charge in [-0.1, -0.05) is 0 Å². The molecule has 0 saturated heterocycles. The summed E-state index contributed by atoms with van der Waals surface area (Å²) in [7, 11) is 0.630. The van der Waals surface area contributed by atoms with Crippen LogP contribution in [-0.2, 0) is 10.1 Å². The van der Waals surface area contributed by atoms with Crippen LogP contribution in [0.3, 0.4) is 0 Å². The van der Waals surface area contributed by atoms with Gasteiger partial charge in [-0.2, -0.15) is 8.42 Å². The Kier molecular flexibility index (Phi) is 3.61. The van der Waals surface area contributed by atoms with Gasteiger partial charge in [0.1, 0.15) is 4.90 Å². The minimum atomic E-state index is -4.27. The van der Waals surface area contributed by atoms with Crippen molar-refractivity contribution in [1.82, 2.24) is 0 Å². The van der Waals surface area contributed by atoms with E-state index in [1.54, 1.807) is 33.3 Å². The van der Waals surface area contributed by atoms with Gasteiger partial charge < -0.3 is 16.0 Å². The molecule has 7 heteroatoms. The van der Waals surface area contributed by atoms with E-state index in [4.69, 9.17) is 4.55 Å². The molecule has 1 rings (SSSR count). The van der Waals surface area contributed by atoms with E-state index in [1.165, 1.54) is 0 Å². The highest BCUT2D eigenvalue weighted by Crippen LogP contribution is 2.32. The maximum atomic E-state index is 11.2. The van der Waals surface area contributed by atoms with E-state index in [9.17, 15) is 8.42 Å². The fourth-order valence-corrected chi connectivity index (χ4v) is 2.30. The fraction of sp³-hybridized carbons (Fsp3) is 0.333. The Balaban J connectivity index is 3.57. The third-order valence-electron chi connectivity index (χ3n) is 2.17. The normalized spacial score (nSPS) is 11.0. The van der Waals surface area contributed by atoms with E-state index in [0.717, 1.165) is 5.69 Å². The summed E-state index contributed by atoms with van der Waals surface area (Å²) in [5.41, 5.74) is 1.40. The van der Waals surface area contributed by atoms with Crippen molar-refractivity contribution in [3.05, 3.63) is 12.1 Å². The van der Waals surface area contributed by atoms with Gasteiger partial charge in [0, 0.05) is 26.8 Å². The van der Waals surface area contributed by atoms with Gasteiger partial charge in [0.15, 0.2) is 0 Å². The van der Waals surface area contributed by atoms with Crippen LogP contribution in [0.5, 0.6) is 0 Å². The van der Waals surface area contributed by atoms with E-state index in [1.807, 2.05) is 0 Å². The first kappa shape index (κ1) is 12.6. The first-order valence-electron chi connectivity index (χ1n) is 4.62. The van der Waals surface area contributed by atoms with E-state index >= 15 is 0 Å². The van der Waals surface area contributed by atoms with Crippen LogP contribution in [0.15, 0.2) is 17.0 Å². The standard InChI is InChI=1S/C9H15N3O3S/c1-10-6-4-7(11-2)9(16(13,14)15)8(5-6)12-3/h4-5,10-12H,1-3H3,(H,13,14,15). The number of hydrogen-bond acceptors (Lipinski definition) is 5. The summed E-state index contributed by atoms with van der Waals surface area (Å²) in [6.07, 6.45) is 0. The van der Waals surface area contributed by atoms with Gasteiger partial charge in [0.2, 0.25) is 0 Å². The van der Waals surface area contributed by atoms with Crippen LogP contribution in [0.2, 0.25) is 0 Å². The Morgan fingerprint density at radius 1 is 1.00 bits per heavy atom. The third-order valence-corrected chi connectivity index (χ3v) is 3.13. The molecule has 90 valence electrons. The molecule has 0 fully saturated rings. The van der Waals surface area contributed by atoms with E-state index in [-0.39, 0.29) is 4.90 Å². The highest BCUT2D eigenvalue weighted by molar-refractivity contribution is 7.86. The SMILES string of the molecule is CNc1cc(NC)c(S(=O)(=O)O)c(NC)c1. The summed E-state index contributed by atoms with van der Waals surface area (Å²) < 4.78 is 31.6. The van der Waals surface area contributed by atoms with E-state index < -0.39 is 10.1 Å². The van der Waals surface area contributed by atoms with Crippen molar-refractivity contribution in [2.24, 2.45) is 0 Å². The molecule has 1 aromatic rings. The number of anilines is 3. The summed E-state index contributed by atoms with van der Waals surface area (Å²) in [4.78, 5) is -0.156. The van der Waals surface area contributed by atoms with Gasteiger partial charge in [-0.15, -0.1) is 0 Å². The molecular formula is C9H15N3O3S. The van der Waals surface area contributed by atoms with Gasteiger partial charge in [-0.3, -0.25) is 4.55 Å². The van der Waals surface area contributed by atoms with Crippen LogP contribution in [0.25, 0.3) is 0 Å². The molecule has 1 aromatic carbocycles. The zero-order valence-corrected chi connectivity index (χ0v) is 10.1. The van der Waals surface area contributed by atoms with E-state index in [0.29, 0.717) is 11.4 Å². The Hall–Kier alpha value is -1.47. The molecule has 0 aromatic heterocycles. The van der Waals surface area contributed by atoms with Crippen LogP contribution in [0, 0.1) is 0 Å². The van der Waals surface area contributed by atoms with Crippen LogP contribution < -0.4 is 16.0 Å². The van der Waals surface area contributed by atoms with Crippen LogP contribution in [0.4, 0.5) is 17.1 Å². The topological polar surface area (TPSA) is 90.5 Å². The molecule has 0 aliphatic heterocycles. The van der Waals surface area contributed by atoms with Gasteiger partial charge in [0.05, 0.1) is 11.4 Å². The second-order valence-corrected chi connectivity index (χ2v) is 4.48. The third kappa shape index (κ3) is 2.37. The number of hydrogen-bond donors (Lipinski definition) is 4. The molecular weight excluding hydrogens is 230 g/mol. The Bertz CT molecular complexity index is 460. The van der Waals surface area contributed by atoms with Crippen molar-refractivity contribution in [2.45, 2.75) is 4.90 Å². The molecule has 0 saturated carbocycles. The van der Waals surface area contributed by atoms with Crippen LogP contribution >= 0.6 is 0 Å². The summed E-state index contributed by atoms with van der Waals surface area (Å²) in [5, 5.41) is 8.36. The maximum absolute atomic E-state index is 11.2. The second kappa shape index (κ2) is 4.58. The summed E-state index contributed by atoms with van der Waals surface area (Å²) in [5.74, 6) is 0. The van der Waals surface area contributed by atoms with Crippen molar-refractivity contribution in [1.29, 1.82) is 0 Å².